The van der Waals surface area contributed by atoms with Gasteiger partial charge in [-0.3, -0.25) is 0 Å². The van der Waals surface area contributed by atoms with E-state index in [1.165, 1.54) is 88.3 Å². The van der Waals surface area contributed by atoms with Gasteiger partial charge in [0.25, 0.3) is 0 Å². The topological polar surface area (TPSA) is 57.4 Å². The number of benzene rings is 4. The van der Waals surface area contributed by atoms with Gasteiger partial charge in [-0.05, 0) is 117 Å². The van der Waals surface area contributed by atoms with E-state index in [0.29, 0.717) is 0 Å². The van der Waals surface area contributed by atoms with Crippen LogP contribution in [0.5, 0.6) is 0 Å². The van der Waals surface area contributed by atoms with Gasteiger partial charge in [-0.25, -0.2) is 9.97 Å². The maximum Gasteiger partial charge on any atom is 0.0693 e. The molecular weight excluding hydrogens is 609 g/mol. The summed E-state index contributed by atoms with van der Waals surface area (Å²) in [7, 11) is 0. The summed E-state index contributed by atoms with van der Waals surface area (Å²) in [5.74, 6) is 0. The lowest BCUT2D eigenvalue weighted by atomic mass is 10.0. The second kappa shape index (κ2) is 9.79. The second-order valence-electron chi connectivity index (χ2n) is 14.1. The van der Waals surface area contributed by atoms with Crippen molar-refractivity contribution in [2.75, 3.05) is 0 Å². The first-order valence-electron chi connectivity index (χ1n) is 17.8. The van der Waals surface area contributed by atoms with Crippen LogP contribution in [0.15, 0.2) is 97.1 Å². The van der Waals surface area contributed by atoms with Gasteiger partial charge in [-0.2, -0.15) is 0 Å². The summed E-state index contributed by atoms with van der Waals surface area (Å²) in [6, 6.07) is 35.9. The predicted octanol–water partition coefficient (Wildman–Crippen LogP) is 12.6. The molecule has 0 unspecified atom stereocenters. The van der Waals surface area contributed by atoms with Crippen LogP contribution in [0, 0.1) is 0 Å². The standard InChI is InChI=1S/C46H34N4/c1-5-27-23(3)33-19-37-43-29-15-7-11-25-13-9-17-31(41(25)29)45(43)39(49-37)22-40-46-32-18-10-14-26-12-8-16-30(42(26)32)44(46)38(50-40)20-34-24(4)28(6-2)36(48-34)21-35(27)47-33/h7-22,49-50H,5-6H2,1-4H3. The highest BCUT2D eigenvalue weighted by atomic mass is 14.8. The molecule has 0 spiro atoms. The van der Waals surface area contributed by atoms with Crippen LogP contribution in [-0.4, -0.2) is 19.9 Å². The van der Waals surface area contributed by atoms with Gasteiger partial charge in [0, 0.05) is 44.3 Å². The van der Waals surface area contributed by atoms with E-state index in [0.717, 1.165) is 57.7 Å². The van der Waals surface area contributed by atoms with Gasteiger partial charge in [0.05, 0.1) is 22.8 Å². The highest BCUT2D eigenvalue weighted by Gasteiger charge is 2.29. The van der Waals surface area contributed by atoms with E-state index in [-0.39, 0.29) is 0 Å². The molecule has 50 heavy (non-hydrogen) atoms. The number of hydrogen-bond acceptors (Lipinski definition) is 2. The van der Waals surface area contributed by atoms with Crippen molar-refractivity contribution < 1.29 is 0 Å². The first-order chi connectivity index (χ1) is 24.5. The van der Waals surface area contributed by atoms with Gasteiger partial charge >= 0.3 is 0 Å². The van der Waals surface area contributed by atoms with E-state index in [9.17, 15) is 0 Å². The SMILES string of the molecule is CCC1=C(C)c2cc3[nH]c(cc4[nH]c(cc5nc(cc1n2)C(CC)=C5C)c1c4-c2cccc4cccc-1c24)c1c3-c2cccc3cccc-1c23. The molecule has 2 aliphatic heterocycles. The quantitative estimate of drug-likeness (QED) is 0.197. The molecule has 4 heteroatoms. The van der Waals surface area contributed by atoms with Crippen LogP contribution in [0.3, 0.4) is 0 Å². The number of hydrogen-bond donors (Lipinski definition) is 2. The largest absolute Gasteiger partial charge is 0.354 e. The number of aromatic amines is 2. The van der Waals surface area contributed by atoms with Crippen molar-refractivity contribution in [2.45, 2.75) is 40.5 Å². The lowest BCUT2D eigenvalue weighted by molar-refractivity contribution is 1.18. The second-order valence-corrected chi connectivity index (χ2v) is 14.1. The van der Waals surface area contributed by atoms with Gasteiger partial charge in [-0.15, -0.1) is 0 Å². The fourth-order valence-electron chi connectivity index (χ4n) is 9.36. The summed E-state index contributed by atoms with van der Waals surface area (Å²) >= 11 is 0. The van der Waals surface area contributed by atoms with Gasteiger partial charge in [0.1, 0.15) is 0 Å². The van der Waals surface area contributed by atoms with Crippen LogP contribution in [0.4, 0.5) is 0 Å². The van der Waals surface area contributed by atoms with Crippen molar-refractivity contribution in [3.8, 4) is 44.5 Å². The molecule has 238 valence electrons. The molecule has 2 N–H and O–H groups in total. The summed E-state index contributed by atoms with van der Waals surface area (Å²) in [6.45, 7) is 8.91. The van der Waals surface area contributed by atoms with E-state index in [1.54, 1.807) is 0 Å². The molecule has 4 aliphatic rings. The number of nitrogens with one attached hydrogen (secondary N) is 2. The van der Waals surface area contributed by atoms with Crippen LogP contribution in [0.1, 0.15) is 63.3 Å². The zero-order chi connectivity index (χ0) is 33.4. The van der Waals surface area contributed by atoms with Crippen molar-refractivity contribution in [3.05, 3.63) is 120 Å². The van der Waals surface area contributed by atoms with Crippen LogP contribution in [0.2, 0.25) is 0 Å². The fourth-order valence-corrected chi connectivity index (χ4v) is 9.36. The Bertz CT molecular complexity index is 2750. The van der Waals surface area contributed by atoms with Gasteiger partial charge < -0.3 is 9.97 Å². The lowest BCUT2D eigenvalue weighted by Gasteiger charge is -2.03. The van der Waals surface area contributed by atoms with Crippen molar-refractivity contribution >= 4 is 65.9 Å². The molecule has 7 aromatic rings. The minimum atomic E-state index is 0.911. The number of aromatic nitrogens is 4. The van der Waals surface area contributed by atoms with Crippen molar-refractivity contribution in [2.24, 2.45) is 0 Å². The van der Waals surface area contributed by atoms with Gasteiger partial charge in [0.15, 0.2) is 0 Å². The number of H-pyrrole nitrogens is 2. The van der Waals surface area contributed by atoms with Gasteiger partial charge in [-0.1, -0.05) is 86.6 Å². The molecule has 11 rings (SSSR count). The molecule has 0 saturated carbocycles. The van der Waals surface area contributed by atoms with Crippen LogP contribution >= 0.6 is 0 Å². The van der Waals surface area contributed by atoms with E-state index < -0.39 is 0 Å². The van der Waals surface area contributed by atoms with Crippen LogP contribution in [-0.2, 0) is 0 Å². The molecule has 0 amide bonds. The molecule has 3 aromatic heterocycles. The summed E-state index contributed by atoms with van der Waals surface area (Å²) in [6.07, 6.45) is 1.82. The Morgan fingerprint density at radius 1 is 0.440 bits per heavy atom. The third kappa shape index (κ3) is 3.50. The van der Waals surface area contributed by atoms with Crippen molar-refractivity contribution in [1.29, 1.82) is 0 Å². The van der Waals surface area contributed by atoms with E-state index in [2.05, 4.69) is 135 Å². The first kappa shape index (κ1) is 27.9. The minimum Gasteiger partial charge on any atom is -0.354 e. The van der Waals surface area contributed by atoms with Gasteiger partial charge in [0.2, 0.25) is 0 Å². The molecule has 4 aromatic carbocycles. The molecule has 2 aliphatic carbocycles. The highest BCUT2D eigenvalue weighted by Crippen LogP contribution is 2.54. The molecular formula is C46H34N4. The predicted molar refractivity (Wildman–Crippen MR) is 210 cm³/mol. The third-order valence-corrected chi connectivity index (χ3v) is 11.6. The van der Waals surface area contributed by atoms with Crippen molar-refractivity contribution in [1.82, 2.24) is 19.9 Å². The number of fused-ring (bicyclic) bond motifs is 18. The Balaban J connectivity index is 1.36. The minimum absolute atomic E-state index is 0.911. The molecule has 0 radical (unpaired) electrons. The van der Waals surface area contributed by atoms with Crippen molar-refractivity contribution in [3.63, 3.8) is 0 Å². The summed E-state index contributed by atoms with van der Waals surface area (Å²) in [4.78, 5) is 18.5. The smallest absolute Gasteiger partial charge is 0.0693 e. The Hall–Kier alpha value is -6.00. The summed E-state index contributed by atoms with van der Waals surface area (Å²) < 4.78 is 0. The third-order valence-electron chi connectivity index (χ3n) is 11.6. The Kier molecular flexibility index (Phi) is 5.47. The maximum atomic E-state index is 5.32. The normalized spacial score (nSPS) is 14.0. The Morgan fingerprint density at radius 3 is 1.16 bits per heavy atom. The monoisotopic (exact) mass is 642 g/mol. The summed E-state index contributed by atoms with van der Waals surface area (Å²) in [5.41, 5.74) is 23.6. The summed E-state index contributed by atoms with van der Waals surface area (Å²) in [5, 5.41) is 5.19. The average Bonchev–Trinajstić information content (AvgIpc) is 3.94. The lowest BCUT2D eigenvalue weighted by Crippen LogP contribution is -1.85. The molecule has 8 bridgehead atoms. The number of rotatable bonds is 2. The highest BCUT2D eigenvalue weighted by molar-refractivity contribution is 6.25. The fraction of sp³-hybridized carbons (Fsp3) is 0.130. The number of nitrogens with zero attached hydrogens (tertiary/aromatic N) is 2. The molecule has 4 nitrogen and oxygen atoms in total. The zero-order valence-electron chi connectivity index (χ0n) is 28.5. The van der Waals surface area contributed by atoms with Crippen LogP contribution < -0.4 is 0 Å². The Morgan fingerprint density at radius 2 is 0.800 bits per heavy atom. The molecule has 0 atom stereocenters. The van der Waals surface area contributed by atoms with Crippen LogP contribution in [0.25, 0.3) is 110 Å². The molecule has 0 saturated heterocycles. The van der Waals surface area contributed by atoms with E-state index >= 15 is 0 Å². The maximum absolute atomic E-state index is 5.32. The first-order valence-corrected chi connectivity index (χ1v) is 17.8. The Labute approximate surface area is 289 Å². The number of allylic oxidation sites excluding steroid dienone is 4. The van der Waals surface area contributed by atoms with E-state index in [1.807, 2.05) is 0 Å². The van der Waals surface area contributed by atoms with E-state index in [4.69, 9.17) is 9.97 Å². The average molecular weight is 643 g/mol. The molecule has 0 fully saturated rings. The zero-order valence-corrected chi connectivity index (χ0v) is 28.5. The molecule has 5 heterocycles.